The van der Waals surface area contributed by atoms with Crippen LogP contribution in [-0.2, 0) is 16.1 Å². The van der Waals surface area contributed by atoms with Crippen molar-refractivity contribution in [1.82, 2.24) is 0 Å². The molecule has 0 bridgehead atoms. The zero-order valence-corrected chi connectivity index (χ0v) is 9.26. The third kappa shape index (κ3) is 1.62. The van der Waals surface area contributed by atoms with Gasteiger partial charge in [-0.3, -0.25) is 4.79 Å². The Balaban J connectivity index is 1.86. The van der Waals surface area contributed by atoms with Gasteiger partial charge in [-0.2, -0.15) is 0 Å². The van der Waals surface area contributed by atoms with Crippen molar-refractivity contribution in [2.75, 3.05) is 0 Å². The zero-order chi connectivity index (χ0) is 10.2. The minimum atomic E-state index is -0.267. The SMILES string of the molecule is CC1(C)C(=O)CC1OCc1cccs1. The van der Waals surface area contributed by atoms with Gasteiger partial charge in [-0.15, -0.1) is 11.3 Å². The van der Waals surface area contributed by atoms with E-state index in [2.05, 4.69) is 6.07 Å². The molecule has 0 N–H and O–H groups in total. The van der Waals surface area contributed by atoms with Crippen LogP contribution in [0, 0.1) is 5.41 Å². The van der Waals surface area contributed by atoms with Crippen molar-refractivity contribution < 1.29 is 9.53 Å². The van der Waals surface area contributed by atoms with Gasteiger partial charge in [0, 0.05) is 11.3 Å². The highest BCUT2D eigenvalue weighted by atomic mass is 32.1. The van der Waals surface area contributed by atoms with E-state index in [9.17, 15) is 4.79 Å². The molecule has 1 saturated carbocycles. The van der Waals surface area contributed by atoms with E-state index in [1.54, 1.807) is 11.3 Å². The molecule has 1 aromatic rings. The number of rotatable bonds is 3. The summed E-state index contributed by atoms with van der Waals surface area (Å²) in [6.45, 7) is 4.55. The third-order valence-electron chi connectivity index (χ3n) is 2.90. The molecule has 1 unspecified atom stereocenters. The first-order valence-electron chi connectivity index (χ1n) is 4.78. The summed E-state index contributed by atoms with van der Waals surface area (Å²) in [6.07, 6.45) is 0.690. The van der Waals surface area contributed by atoms with E-state index in [1.165, 1.54) is 4.88 Å². The molecule has 1 heterocycles. The highest BCUT2D eigenvalue weighted by molar-refractivity contribution is 7.09. The van der Waals surface area contributed by atoms with Crippen LogP contribution in [0.1, 0.15) is 25.1 Å². The molecule has 0 amide bonds. The lowest BCUT2D eigenvalue weighted by Crippen LogP contribution is -2.51. The van der Waals surface area contributed by atoms with Gasteiger partial charge in [-0.1, -0.05) is 19.9 Å². The molecule has 1 aliphatic carbocycles. The van der Waals surface area contributed by atoms with E-state index in [1.807, 2.05) is 25.3 Å². The van der Waals surface area contributed by atoms with E-state index in [-0.39, 0.29) is 11.5 Å². The van der Waals surface area contributed by atoms with Gasteiger partial charge in [0.1, 0.15) is 5.78 Å². The number of Topliss-reactive ketones (excluding diaryl/α,β-unsaturated/α-hetero) is 1. The molecule has 1 aromatic heterocycles. The lowest BCUT2D eigenvalue weighted by molar-refractivity contribution is -0.159. The number of carbonyl (C=O) groups is 1. The minimum absolute atomic E-state index is 0.108. The van der Waals surface area contributed by atoms with Crippen molar-refractivity contribution >= 4 is 17.1 Å². The van der Waals surface area contributed by atoms with Gasteiger partial charge in [-0.25, -0.2) is 0 Å². The molecule has 0 spiro atoms. The summed E-state index contributed by atoms with van der Waals surface area (Å²) in [6, 6.07) is 4.07. The van der Waals surface area contributed by atoms with Gasteiger partial charge < -0.3 is 4.74 Å². The summed E-state index contributed by atoms with van der Waals surface area (Å²) in [5.74, 6) is 0.314. The van der Waals surface area contributed by atoms with Crippen LogP contribution < -0.4 is 0 Å². The highest BCUT2D eigenvalue weighted by Crippen LogP contribution is 2.39. The standard InChI is InChI=1S/C11H14O2S/c1-11(2)9(12)6-10(11)13-7-8-4-3-5-14-8/h3-5,10H,6-7H2,1-2H3. The average Bonchev–Trinajstić information content (AvgIpc) is 2.64. The fraction of sp³-hybridized carbons (Fsp3) is 0.545. The van der Waals surface area contributed by atoms with Crippen molar-refractivity contribution in [2.24, 2.45) is 5.41 Å². The number of ether oxygens (including phenoxy) is 1. The maximum Gasteiger partial charge on any atom is 0.143 e. The van der Waals surface area contributed by atoms with Gasteiger partial charge in [0.05, 0.1) is 18.1 Å². The summed E-state index contributed by atoms with van der Waals surface area (Å²) in [5, 5.41) is 2.04. The number of thiophene rings is 1. The van der Waals surface area contributed by atoms with Crippen LogP contribution in [0.2, 0.25) is 0 Å². The smallest absolute Gasteiger partial charge is 0.143 e. The minimum Gasteiger partial charge on any atom is -0.371 e. The van der Waals surface area contributed by atoms with E-state index < -0.39 is 0 Å². The second kappa shape index (κ2) is 3.48. The molecule has 1 atom stereocenters. The van der Waals surface area contributed by atoms with Crippen LogP contribution in [0.4, 0.5) is 0 Å². The number of hydrogen-bond acceptors (Lipinski definition) is 3. The predicted octanol–water partition coefficient (Wildman–Crippen LogP) is 2.63. The van der Waals surface area contributed by atoms with Crippen LogP contribution >= 0.6 is 11.3 Å². The Morgan fingerprint density at radius 1 is 1.64 bits per heavy atom. The summed E-state index contributed by atoms with van der Waals surface area (Å²) >= 11 is 1.69. The van der Waals surface area contributed by atoms with Crippen molar-refractivity contribution in [3.8, 4) is 0 Å². The Morgan fingerprint density at radius 3 is 2.93 bits per heavy atom. The van der Waals surface area contributed by atoms with E-state index in [0.717, 1.165) is 0 Å². The molecule has 1 aliphatic rings. The zero-order valence-electron chi connectivity index (χ0n) is 8.45. The Hall–Kier alpha value is -0.670. The van der Waals surface area contributed by atoms with Crippen LogP contribution in [0.5, 0.6) is 0 Å². The van der Waals surface area contributed by atoms with Gasteiger partial charge in [0.2, 0.25) is 0 Å². The van der Waals surface area contributed by atoms with Crippen molar-refractivity contribution in [3.05, 3.63) is 22.4 Å². The monoisotopic (exact) mass is 210 g/mol. The van der Waals surface area contributed by atoms with Gasteiger partial charge in [-0.05, 0) is 11.4 Å². The molecule has 2 rings (SSSR count). The molecule has 14 heavy (non-hydrogen) atoms. The van der Waals surface area contributed by atoms with E-state index in [4.69, 9.17) is 4.74 Å². The van der Waals surface area contributed by atoms with Crippen molar-refractivity contribution in [3.63, 3.8) is 0 Å². The summed E-state index contributed by atoms with van der Waals surface area (Å²) in [4.78, 5) is 12.5. The normalized spacial score (nSPS) is 24.7. The van der Waals surface area contributed by atoms with E-state index in [0.29, 0.717) is 18.8 Å². The molecule has 1 fully saturated rings. The Labute approximate surface area is 87.9 Å². The fourth-order valence-electron chi connectivity index (χ4n) is 1.58. The molecule has 0 aromatic carbocycles. The Bertz CT molecular complexity index is 327. The number of carbonyl (C=O) groups excluding carboxylic acids is 1. The first kappa shape index (κ1) is 9.87. The van der Waals surface area contributed by atoms with Crippen LogP contribution in [-0.4, -0.2) is 11.9 Å². The first-order chi connectivity index (χ1) is 6.60. The molecule has 0 radical (unpaired) electrons. The summed E-state index contributed by atoms with van der Waals surface area (Å²) in [5.41, 5.74) is -0.267. The third-order valence-corrected chi connectivity index (χ3v) is 3.75. The summed E-state index contributed by atoms with van der Waals surface area (Å²) in [7, 11) is 0. The lowest BCUT2D eigenvalue weighted by Gasteiger charge is -2.41. The fourth-order valence-corrected chi connectivity index (χ4v) is 2.20. The molecule has 76 valence electrons. The van der Waals surface area contributed by atoms with Gasteiger partial charge >= 0.3 is 0 Å². The second-order valence-electron chi connectivity index (χ2n) is 4.23. The topological polar surface area (TPSA) is 26.3 Å². The van der Waals surface area contributed by atoms with Crippen molar-refractivity contribution in [1.29, 1.82) is 0 Å². The van der Waals surface area contributed by atoms with Crippen molar-refractivity contribution in [2.45, 2.75) is 33.0 Å². The molecule has 2 nitrogen and oxygen atoms in total. The van der Waals surface area contributed by atoms with E-state index >= 15 is 0 Å². The van der Waals surface area contributed by atoms with Crippen LogP contribution in [0.15, 0.2) is 17.5 Å². The largest absolute Gasteiger partial charge is 0.371 e. The second-order valence-corrected chi connectivity index (χ2v) is 5.26. The molecule has 0 aliphatic heterocycles. The maximum absolute atomic E-state index is 11.2. The Kier molecular flexibility index (Phi) is 2.45. The first-order valence-corrected chi connectivity index (χ1v) is 5.66. The van der Waals surface area contributed by atoms with Crippen LogP contribution in [0.25, 0.3) is 0 Å². The predicted molar refractivity (Wildman–Crippen MR) is 56.3 cm³/mol. The average molecular weight is 210 g/mol. The summed E-state index contributed by atoms with van der Waals surface area (Å²) < 4.78 is 5.70. The lowest BCUT2D eigenvalue weighted by atomic mass is 9.68. The van der Waals surface area contributed by atoms with Gasteiger partial charge in [0.15, 0.2) is 0 Å². The molecular formula is C11H14O2S. The Morgan fingerprint density at radius 2 is 2.43 bits per heavy atom. The van der Waals surface area contributed by atoms with Crippen LogP contribution in [0.3, 0.4) is 0 Å². The molecule has 3 heteroatoms. The van der Waals surface area contributed by atoms with Gasteiger partial charge in [0.25, 0.3) is 0 Å². The molecule has 0 saturated heterocycles. The molecular weight excluding hydrogens is 196 g/mol. The maximum atomic E-state index is 11.2. The number of hydrogen-bond donors (Lipinski definition) is 0. The quantitative estimate of drug-likeness (QED) is 0.766. The number of ketones is 1. The highest BCUT2D eigenvalue weighted by Gasteiger charge is 2.48.